The highest BCUT2D eigenvalue weighted by atomic mass is 32.2. The van der Waals surface area contributed by atoms with Gasteiger partial charge in [0.1, 0.15) is 37.8 Å². The zero-order chi connectivity index (χ0) is 71.3. The number of nitrogens with one attached hydrogen (secondary N) is 6. The summed E-state index contributed by atoms with van der Waals surface area (Å²) in [5, 5.41) is 19.6. The molecule has 518 valence electrons. The maximum Gasteiger partial charge on any atom is 0.413 e. The molecule has 100 heavy (non-hydrogen) atoms. The summed E-state index contributed by atoms with van der Waals surface area (Å²) in [6, 6.07) is 44.7. The monoisotopic (exact) mass is 1400 g/mol. The van der Waals surface area contributed by atoms with Crippen molar-refractivity contribution in [1.82, 2.24) is 63.7 Å². The predicted molar refractivity (Wildman–Crippen MR) is 361 cm³/mol. The van der Waals surface area contributed by atoms with Crippen LogP contribution in [-0.4, -0.2) is 168 Å². The fourth-order valence-corrected chi connectivity index (χ4v) is 12.1. The van der Waals surface area contributed by atoms with Crippen molar-refractivity contribution in [2.75, 3.05) is 69.5 Å². The number of aromatic amines is 1. The smallest absolute Gasteiger partial charge is 0.413 e. The van der Waals surface area contributed by atoms with Crippen molar-refractivity contribution >= 4 is 90.9 Å². The lowest BCUT2D eigenvalue weighted by Crippen LogP contribution is -2.49. The van der Waals surface area contributed by atoms with E-state index >= 15 is 0 Å². The minimum absolute atomic E-state index is 0.0572. The molecule has 32 nitrogen and oxygen atoms in total. The molecule has 5 aromatic carbocycles. The van der Waals surface area contributed by atoms with Crippen LogP contribution in [0.15, 0.2) is 200 Å². The van der Waals surface area contributed by atoms with Gasteiger partial charge in [-0.15, -0.1) is 11.3 Å². The van der Waals surface area contributed by atoms with Gasteiger partial charge in [0.05, 0.1) is 23.3 Å². The topological polar surface area (TPSA) is 417 Å². The molecule has 0 radical (unpaired) electrons. The van der Waals surface area contributed by atoms with Gasteiger partial charge >= 0.3 is 35.2 Å². The van der Waals surface area contributed by atoms with E-state index in [1.54, 1.807) is 146 Å². The third-order valence-corrected chi connectivity index (χ3v) is 17.7. The third-order valence-electron chi connectivity index (χ3n) is 14.8. The molecule has 0 aliphatic heterocycles. The van der Waals surface area contributed by atoms with E-state index in [0.717, 1.165) is 58.3 Å². The van der Waals surface area contributed by atoms with Crippen molar-refractivity contribution in [2.24, 2.45) is 0 Å². The molecule has 0 aliphatic carbocycles. The first-order valence-electron chi connectivity index (χ1n) is 30.6. The lowest BCUT2D eigenvalue weighted by atomic mass is 10.0. The number of ether oxygens (including phenoxy) is 2. The van der Waals surface area contributed by atoms with Crippen LogP contribution in [0.4, 0.5) is 21.2 Å². The lowest BCUT2D eigenvalue weighted by molar-refractivity contribution is -0.144. The van der Waals surface area contributed by atoms with E-state index in [9.17, 15) is 71.1 Å². The number of rotatable bonds is 31. The molecule has 7 amide bonds. The van der Waals surface area contributed by atoms with Crippen LogP contribution in [0.5, 0.6) is 0 Å². The molecular formula is C66H65N15O17S2. The fourth-order valence-electron chi connectivity index (χ4n) is 9.86. The van der Waals surface area contributed by atoms with E-state index in [1.165, 1.54) is 19.1 Å². The number of thiazole rings is 1. The molecule has 0 saturated heterocycles. The van der Waals surface area contributed by atoms with Gasteiger partial charge in [0, 0.05) is 63.4 Å². The molecule has 0 unspecified atom stereocenters. The van der Waals surface area contributed by atoms with Crippen LogP contribution in [0.3, 0.4) is 0 Å². The molecule has 7 N–H and O–H groups in total. The highest BCUT2D eigenvalue weighted by Crippen LogP contribution is 2.29. The van der Waals surface area contributed by atoms with E-state index in [2.05, 4.69) is 45.9 Å². The Morgan fingerprint density at radius 3 is 1.35 bits per heavy atom. The van der Waals surface area contributed by atoms with E-state index in [4.69, 9.17) is 9.47 Å². The normalized spacial score (nSPS) is 11.2. The maximum absolute atomic E-state index is 14.1. The maximum atomic E-state index is 14.1. The summed E-state index contributed by atoms with van der Waals surface area (Å²) in [7, 11) is -4.28. The molecule has 4 heterocycles. The Morgan fingerprint density at radius 1 is 0.530 bits per heavy atom. The van der Waals surface area contributed by atoms with Crippen LogP contribution in [0.2, 0.25) is 0 Å². The van der Waals surface area contributed by atoms with Crippen LogP contribution in [0.25, 0.3) is 10.2 Å². The number of carbonyl (C=O) groups is 8. The summed E-state index contributed by atoms with van der Waals surface area (Å²) < 4.78 is 43.7. The van der Waals surface area contributed by atoms with Crippen molar-refractivity contribution in [3.63, 3.8) is 0 Å². The number of nitrogens with zero attached hydrogens (tertiary/aromatic N) is 9. The predicted octanol–water partition coefficient (Wildman–Crippen LogP) is 2.43. The van der Waals surface area contributed by atoms with Crippen molar-refractivity contribution in [2.45, 2.75) is 43.1 Å². The number of fused-ring (bicyclic) bond motifs is 1. The number of carbonyl (C=O) groups excluding carboxylic acids is 7. The van der Waals surface area contributed by atoms with Gasteiger partial charge in [0.15, 0.2) is 12.2 Å². The van der Waals surface area contributed by atoms with Gasteiger partial charge in [-0.2, -0.15) is 9.97 Å². The lowest BCUT2D eigenvalue weighted by Gasteiger charge is -2.25. The number of carboxylic acids is 1. The van der Waals surface area contributed by atoms with Crippen molar-refractivity contribution < 1.29 is 61.4 Å². The minimum Gasteiger partial charge on any atom is -0.480 e. The second-order valence-corrected chi connectivity index (χ2v) is 25.0. The van der Waals surface area contributed by atoms with E-state index in [0.29, 0.717) is 32.5 Å². The average Bonchev–Trinajstić information content (AvgIpc) is 1.82. The first kappa shape index (κ1) is 72.0. The van der Waals surface area contributed by atoms with Crippen LogP contribution < -0.4 is 48.6 Å². The molecule has 0 spiro atoms. The molecule has 0 bridgehead atoms. The summed E-state index contributed by atoms with van der Waals surface area (Å²) in [6.07, 6.45) is -0.181. The second-order valence-electron chi connectivity index (χ2n) is 22.0. The van der Waals surface area contributed by atoms with Crippen molar-refractivity contribution in [3.05, 3.63) is 246 Å². The van der Waals surface area contributed by atoms with Gasteiger partial charge in [-0.05, 0) is 53.4 Å². The van der Waals surface area contributed by atoms with E-state index in [1.807, 2.05) is 0 Å². The molecule has 0 saturated carbocycles. The number of H-pyrrole nitrogens is 1. The summed E-state index contributed by atoms with van der Waals surface area (Å²) >= 11 is 0.892. The highest BCUT2D eigenvalue weighted by Gasteiger charge is 2.27. The molecule has 9 rings (SSSR count). The number of hydrogen-bond acceptors (Lipinski definition) is 20. The Bertz CT molecular complexity index is 4700. The average molecular weight is 1400 g/mol. The van der Waals surface area contributed by atoms with Crippen molar-refractivity contribution in [3.8, 4) is 0 Å². The standard InChI is InChI=1S/C66H65N15O17S2/c1-43-36-81(63(92)75-60(43)89)41-56(86)76(37-52(82)68-29-34-78(42-57(87)88)55(85)40-80-32-27-51(72-62(80)91)74-65(94)98-59(46-20-10-4-11-21-46)47-22-12-5-13-23-47)33-28-67-53(83)38-77(35-30-69-100(95,96)66-70-48-24-14-15-25-49(48)99-66)54(84)39-79-31-26-50(71-61(79)90)73-64(93)97-58(44-16-6-2-7-17-44)45-18-8-3-9-19-45/h2-27,31-32,36,58-59,69H,28-30,33-35,37-42H2,1H3,(H,67,83)(H,68,82)(H,87,88)(H,75,89,92)(H,71,73,90,93)(H,72,74,91,94). The quantitative estimate of drug-likeness (QED) is 0.0328. The molecule has 0 fully saturated rings. The van der Waals surface area contributed by atoms with Gasteiger partial charge in [0.25, 0.3) is 15.6 Å². The van der Waals surface area contributed by atoms with Gasteiger partial charge in [-0.3, -0.25) is 62.9 Å². The van der Waals surface area contributed by atoms with E-state index < -0.39 is 171 Å². The minimum atomic E-state index is -4.28. The number of aromatic nitrogens is 7. The Balaban J connectivity index is 0.830. The highest BCUT2D eigenvalue weighted by molar-refractivity contribution is 7.91. The summed E-state index contributed by atoms with van der Waals surface area (Å²) in [5.74, 6) is -6.36. The molecule has 4 aromatic heterocycles. The summed E-state index contributed by atoms with van der Waals surface area (Å²) in [5.41, 5.74) is -0.607. The fraction of sp³-hybridized carbons (Fsp3) is 0.227. The number of sulfonamides is 1. The van der Waals surface area contributed by atoms with Gasteiger partial charge in [0.2, 0.25) is 33.9 Å². The number of amides is 7. The molecule has 9 aromatic rings. The zero-order valence-corrected chi connectivity index (χ0v) is 54.8. The zero-order valence-electron chi connectivity index (χ0n) is 53.2. The number of hydrogen-bond donors (Lipinski definition) is 7. The second kappa shape index (κ2) is 34.1. The summed E-state index contributed by atoms with van der Waals surface area (Å²) in [6.45, 7) is -5.95. The van der Waals surface area contributed by atoms with Crippen molar-refractivity contribution in [1.29, 1.82) is 0 Å². The molecule has 0 aliphatic rings. The van der Waals surface area contributed by atoms with E-state index in [-0.39, 0.29) is 21.5 Å². The van der Waals surface area contributed by atoms with Gasteiger partial charge in [-0.1, -0.05) is 133 Å². The van der Waals surface area contributed by atoms with Crippen LogP contribution in [-0.2, 0) is 67.9 Å². The molecule has 0 atom stereocenters. The first-order chi connectivity index (χ1) is 48.0. The Kier molecular flexibility index (Phi) is 24.5. The van der Waals surface area contributed by atoms with Crippen LogP contribution in [0.1, 0.15) is 40.0 Å². The number of anilines is 2. The van der Waals surface area contributed by atoms with Gasteiger partial charge in [-0.25, -0.2) is 42.1 Å². The Hall–Kier alpha value is -12.3. The summed E-state index contributed by atoms with van der Waals surface area (Å²) in [4.78, 5) is 176. The number of para-hydroxylation sites is 1. The Labute approximate surface area is 571 Å². The largest absolute Gasteiger partial charge is 0.480 e. The number of carboxylic acid groups (broad SMARTS) is 1. The van der Waals surface area contributed by atoms with Crippen LogP contribution >= 0.6 is 11.3 Å². The molecular weight excluding hydrogens is 1340 g/mol. The number of aliphatic carboxylic acids is 1. The third kappa shape index (κ3) is 20.4. The number of benzene rings is 5. The van der Waals surface area contributed by atoms with Crippen LogP contribution in [0, 0.1) is 6.92 Å². The first-order valence-corrected chi connectivity index (χ1v) is 32.9. The Morgan fingerprint density at radius 2 is 0.930 bits per heavy atom. The van der Waals surface area contributed by atoms with Gasteiger partial charge < -0.3 is 39.9 Å². The molecule has 34 heteroatoms. The number of aryl methyl sites for hydroxylation is 1. The SMILES string of the molecule is Cc1cn(CC(=O)N(CCNC(=O)CN(CCNS(=O)(=O)c2nc3ccccc3s2)C(=O)Cn2ccc(NC(=O)OC(c3ccccc3)c3ccccc3)nc2=O)CC(=O)NCCN(CC(=O)O)C(=O)Cn2ccc(NC(=O)OC(c3ccccc3)c3ccccc3)nc2=O)c(=O)[nH]c1=O.